The zero-order valence-corrected chi connectivity index (χ0v) is 7.94. The van der Waals surface area contributed by atoms with Gasteiger partial charge in [-0.05, 0) is 29.8 Å². The van der Waals surface area contributed by atoms with Gasteiger partial charge in [-0.3, -0.25) is 0 Å². The number of hydrogen-bond acceptors (Lipinski definition) is 3. The van der Waals surface area contributed by atoms with Gasteiger partial charge in [-0.2, -0.15) is 0 Å². The van der Waals surface area contributed by atoms with E-state index in [9.17, 15) is 4.39 Å². The molecule has 0 aliphatic carbocycles. The maximum atomic E-state index is 12.9. The standard InChI is InChI=1S/C11H10FN3/c12-10-3-1-2-8(6-10)9-4-5-11(15-13)14-7-9/h1-7H,13H2,(H,14,15). The summed E-state index contributed by atoms with van der Waals surface area (Å²) in [5.41, 5.74) is 4.08. The van der Waals surface area contributed by atoms with E-state index in [1.165, 1.54) is 12.1 Å². The predicted molar refractivity (Wildman–Crippen MR) is 57.4 cm³/mol. The number of nitrogen functional groups attached to an aromatic ring is 1. The fourth-order valence-corrected chi connectivity index (χ4v) is 1.32. The first-order chi connectivity index (χ1) is 7.29. The fraction of sp³-hybridized carbons (Fsp3) is 0. The Morgan fingerprint density at radius 3 is 2.60 bits per heavy atom. The van der Waals surface area contributed by atoms with Gasteiger partial charge < -0.3 is 5.43 Å². The number of benzene rings is 1. The number of hydrazine groups is 1. The highest BCUT2D eigenvalue weighted by Gasteiger charge is 1.99. The Balaban J connectivity index is 2.37. The van der Waals surface area contributed by atoms with Crippen molar-refractivity contribution in [3.63, 3.8) is 0 Å². The van der Waals surface area contributed by atoms with Gasteiger partial charge in [0.15, 0.2) is 0 Å². The topological polar surface area (TPSA) is 50.9 Å². The van der Waals surface area contributed by atoms with Crippen molar-refractivity contribution in [1.29, 1.82) is 0 Å². The van der Waals surface area contributed by atoms with Gasteiger partial charge in [-0.25, -0.2) is 15.2 Å². The van der Waals surface area contributed by atoms with E-state index < -0.39 is 0 Å². The SMILES string of the molecule is NNc1ccc(-c2cccc(F)c2)cn1. The van der Waals surface area contributed by atoms with E-state index in [-0.39, 0.29) is 5.82 Å². The number of nitrogens with zero attached hydrogens (tertiary/aromatic N) is 1. The molecule has 0 saturated heterocycles. The molecule has 3 nitrogen and oxygen atoms in total. The molecule has 3 N–H and O–H groups in total. The molecule has 0 atom stereocenters. The van der Waals surface area contributed by atoms with Crippen molar-refractivity contribution >= 4 is 5.82 Å². The lowest BCUT2D eigenvalue weighted by Crippen LogP contribution is -2.07. The Morgan fingerprint density at radius 2 is 2.00 bits per heavy atom. The van der Waals surface area contributed by atoms with Gasteiger partial charge in [-0.15, -0.1) is 0 Å². The summed E-state index contributed by atoms with van der Waals surface area (Å²) in [6.07, 6.45) is 1.64. The molecule has 0 spiro atoms. The number of aromatic nitrogens is 1. The smallest absolute Gasteiger partial charge is 0.139 e. The Labute approximate surface area is 86.7 Å². The third-order valence-electron chi connectivity index (χ3n) is 2.07. The molecule has 76 valence electrons. The minimum Gasteiger partial charge on any atom is -0.308 e. The first-order valence-electron chi connectivity index (χ1n) is 4.48. The van der Waals surface area contributed by atoms with E-state index >= 15 is 0 Å². The molecule has 4 heteroatoms. The van der Waals surface area contributed by atoms with Crippen LogP contribution in [-0.2, 0) is 0 Å². The van der Waals surface area contributed by atoms with Gasteiger partial charge in [0.05, 0.1) is 0 Å². The lowest BCUT2D eigenvalue weighted by atomic mass is 10.1. The quantitative estimate of drug-likeness (QED) is 0.581. The van der Waals surface area contributed by atoms with E-state index in [4.69, 9.17) is 5.84 Å². The third kappa shape index (κ3) is 2.11. The molecule has 0 fully saturated rings. The Morgan fingerprint density at radius 1 is 1.13 bits per heavy atom. The second-order valence-corrected chi connectivity index (χ2v) is 3.09. The van der Waals surface area contributed by atoms with Crippen LogP contribution in [0.3, 0.4) is 0 Å². The van der Waals surface area contributed by atoms with Crippen molar-refractivity contribution in [1.82, 2.24) is 4.98 Å². The van der Waals surface area contributed by atoms with Gasteiger partial charge in [0.1, 0.15) is 11.6 Å². The van der Waals surface area contributed by atoms with E-state index in [1.807, 2.05) is 12.1 Å². The maximum absolute atomic E-state index is 12.9. The van der Waals surface area contributed by atoms with Crippen molar-refractivity contribution in [3.8, 4) is 11.1 Å². The molecule has 1 aromatic carbocycles. The zero-order valence-electron chi connectivity index (χ0n) is 7.94. The molecular weight excluding hydrogens is 193 g/mol. The predicted octanol–water partition coefficient (Wildman–Crippen LogP) is 2.17. The minimum atomic E-state index is -0.256. The summed E-state index contributed by atoms with van der Waals surface area (Å²) in [5.74, 6) is 5.51. The van der Waals surface area contributed by atoms with Crippen molar-refractivity contribution in [2.45, 2.75) is 0 Å². The first kappa shape index (κ1) is 9.61. The summed E-state index contributed by atoms with van der Waals surface area (Å²) in [4.78, 5) is 4.04. The van der Waals surface area contributed by atoms with E-state index in [0.717, 1.165) is 11.1 Å². The molecule has 0 bridgehead atoms. The Bertz CT molecular complexity index is 454. The molecule has 0 aliphatic heterocycles. The molecule has 1 aromatic heterocycles. The van der Waals surface area contributed by atoms with Crippen molar-refractivity contribution in [2.24, 2.45) is 5.84 Å². The molecule has 0 radical (unpaired) electrons. The van der Waals surface area contributed by atoms with E-state index in [2.05, 4.69) is 10.4 Å². The lowest BCUT2D eigenvalue weighted by molar-refractivity contribution is 0.628. The molecular formula is C11H10FN3. The summed E-state index contributed by atoms with van der Waals surface area (Å²) >= 11 is 0. The first-order valence-corrected chi connectivity index (χ1v) is 4.48. The summed E-state index contributed by atoms with van der Waals surface area (Å²) in [7, 11) is 0. The van der Waals surface area contributed by atoms with Crippen LogP contribution in [0.1, 0.15) is 0 Å². The van der Waals surface area contributed by atoms with Gasteiger partial charge in [0.25, 0.3) is 0 Å². The lowest BCUT2D eigenvalue weighted by Gasteiger charge is -2.02. The van der Waals surface area contributed by atoms with Crippen molar-refractivity contribution < 1.29 is 4.39 Å². The molecule has 2 aromatic rings. The highest BCUT2D eigenvalue weighted by atomic mass is 19.1. The van der Waals surface area contributed by atoms with Crippen LogP contribution in [0.4, 0.5) is 10.2 Å². The van der Waals surface area contributed by atoms with Gasteiger partial charge in [0, 0.05) is 11.8 Å². The average Bonchev–Trinajstić information content (AvgIpc) is 2.29. The van der Waals surface area contributed by atoms with Crippen LogP contribution < -0.4 is 11.3 Å². The number of rotatable bonds is 2. The second kappa shape index (κ2) is 4.06. The number of halogens is 1. The van der Waals surface area contributed by atoms with Crippen LogP contribution in [0, 0.1) is 5.82 Å². The van der Waals surface area contributed by atoms with Crippen LogP contribution in [-0.4, -0.2) is 4.98 Å². The summed E-state index contributed by atoms with van der Waals surface area (Å²) in [5, 5.41) is 0. The fourth-order valence-electron chi connectivity index (χ4n) is 1.32. The molecule has 0 unspecified atom stereocenters. The highest BCUT2D eigenvalue weighted by Crippen LogP contribution is 2.19. The molecule has 0 amide bonds. The zero-order chi connectivity index (χ0) is 10.7. The van der Waals surface area contributed by atoms with Crippen LogP contribution in [0.15, 0.2) is 42.6 Å². The number of nitrogens with two attached hydrogens (primary N) is 1. The summed E-state index contributed by atoms with van der Waals surface area (Å²) in [6.45, 7) is 0. The van der Waals surface area contributed by atoms with Crippen LogP contribution >= 0.6 is 0 Å². The Kier molecular flexibility index (Phi) is 2.60. The van der Waals surface area contributed by atoms with Crippen molar-refractivity contribution in [3.05, 3.63) is 48.4 Å². The van der Waals surface area contributed by atoms with Gasteiger partial charge >= 0.3 is 0 Å². The highest BCUT2D eigenvalue weighted by molar-refractivity contribution is 5.63. The number of pyridine rings is 1. The Hall–Kier alpha value is -1.94. The summed E-state index contributed by atoms with van der Waals surface area (Å²) < 4.78 is 12.9. The minimum absolute atomic E-state index is 0.256. The second-order valence-electron chi connectivity index (χ2n) is 3.09. The molecule has 0 saturated carbocycles. The largest absolute Gasteiger partial charge is 0.308 e. The van der Waals surface area contributed by atoms with Gasteiger partial charge in [0.2, 0.25) is 0 Å². The number of hydrogen-bond donors (Lipinski definition) is 2. The molecule has 1 heterocycles. The van der Waals surface area contributed by atoms with Crippen LogP contribution in [0.2, 0.25) is 0 Å². The number of anilines is 1. The monoisotopic (exact) mass is 203 g/mol. The molecule has 2 rings (SSSR count). The van der Waals surface area contributed by atoms with Crippen molar-refractivity contribution in [2.75, 3.05) is 5.43 Å². The normalized spacial score (nSPS) is 10.0. The van der Waals surface area contributed by atoms with Crippen LogP contribution in [0.5, 0.6) is 0 Å². The maximum Gasteiger partial charge on any atom is 0.139 e. The van der Waals surface area contributed by atoms with E-state index in [0.29, 0.717) is 5.82 Å². The molecule has 0 aliphatic rings. The average molecular weight is 203 g/mol. The molecule has 15 heavy (non-hydrogen) atoms. The van der Waals surface area contributed by atoms with Gasteiger partial charge in [-0.1, -0.05) is 12.1 Å². The summed E-state index contributed by atoms with van der Waals surface area (Å²) in [6, 6.07) is 9.94. The number of nitrogens with one attached hydrogen (secondary N) is 1. The van der Waals surface area contributed by atoms with E-state index in [1.54, 1.807) is 18.3 Å². The van der Waals surface area contributed by atoms with Crippen LogP contribution in [0.25, 0.3) is 11.1 Å². The third-order valence-corrected chi connectivity index (χ3v) is 2.07.